The zero-order valence-corrected chi connectivity index (χ0v) is 16.4. The van der Waals surface area contributed by atoms with Gasteiger partial charge in [0.15, 0.2) is 11.5 Å². The predicted molar refractivity (Wildman–Crippen MR) is 102 cm³/mol. The van der Waals surface area contributed by atoms with E-state index >= 15 is 0 Å². The Morgan fingerprint density at radius 1 is 1.00 bits per heavy atom. The van der Waals surface area contributed by atoms with E-state index in [4.69, 9.17) is 15.2 Å². The Morgan fingerprint density at radius 3 is 2.15 bits per heavy atom. The molecule has 0 atom stereocenters. The molecule has 0 saturated carbocycles. The van der Waals surface area contributed by atoms with Crippen molar-refractivity contribution >= 4 is 10.0 Å². The summed E-state index contributed by atoms with van der Waals surface area (Å²) in [5, 5.41) is 0. The first-order chi connectivity index (χ1) is 12.2. The van der Waals surface area contributed by atoms with Gasteiger partial charge in [0.25, 0.3) is 0 Å². The molecule has 0 heterocycles. The molecule has 2 aromatic carbocycles. The van der Waals surface area contributed by atoms with E-state index in [0.717, 1.165) is 11.1 Å². The second kappa shape index (κ2) is 8.07. The average Bonchev–Trinajstić information content (AvgIpc) is 2.60. The monoisotopic (exact) mass is 378 g/mol. The van der Waals surface area contributed by atoms with E-state index in [9.17, 15) is 8.42 Å². The second-order valence-electron chi connectivity index (χ2n) is 6.58. The number of nitrogens with one attached hydrogen (secondary N) is 1. The maximum atomic E-state index is 12.5. The van der Waals surface area contributed by atoms with E-state index in [-0.39, 0.29) is 4.90 Å². The van der Waals surface area contributed by atoms with Gasteiger partial charge in [-0.25, -0.2) is 13.1 Å². The summed E-state index contributed by atoms with van der Waals surface area (Å²) in [6.45, 7) is 4.18. The highest BCUT2D eigenvalue weighted by Gasteiger charge is 2.17. The summed E-state index contributed by atoms with van der Waals surface area (Å²) < 4.78 is 37.8. The van der Waals surface area contributed by atoms with E-state index in [1.807, 2.05) is 38.1 Å². The SMILES string of the molecule is COc1ccc(S(=O)(=O)NCCc2ccc(C(C)(C)N)cc2)cc1OC. The van der Waals surface area contributed by atoms with Crippen molar-refractivity contribution in [3.8, 4) is 11.5 Å². The fraction of sp³-hybridized carbons (Fsp3) is 0.368. The van der Waals surface area contributed by atoms with Crippen LogP contribution in [0.25, 0.3) is 0 Å². The molecule has 0 aromatic heterocycles. The summed E-state index contributed by atoms with van der Waals surface area (Å²) in [5.74, 6) is 0.852. The van der Waals surface area contributed by atoms with E-state index in [1.54, 1.807) is 6.07 Å². The van der Waals surface area contributed by atoms with E-state index in [2.05, 4.69) is 4.72 Å². The minimum atomic E-state index is -3.62. The van der Waals surface area contributed by atoms with Crippen LogP contribution in [0, 0.1) is 0 Å². The molecule has 3 N–H and O–H groups in total. The molecule has 0 fully saturated rings. The lowest BCUT2D eigenvalue weighted by atomic mass is 9.94. The largest absolute Gasteiger partial charge is 0.493 e. The van der Waals surface area contributed by atoms with Crippen LogP contribution < -0.4 is 19.9 Å². The van der Waals surface area contributed by atoms with Gasteiger partial charge in [0, 0.05) is 18.2 Å². The van der Waals surface area contributed by atoms with Gasteiger partial charge in [0.1, 0.15) is 0 Å². The van der Waals surface area contributed by atoms with E-state index in [0.29, 0.717) is 24.5 Å². The fourth-order valence-electron chi connectivity index (χ4n) is 2.50. The molecule has 0 saturated heterocycles. The Labute approximate surface area is 155 Å². The minimum Gasteiger partial charge on any atom is -0.493 e. The Balaban J connectivity index is 2.02. The van der Waals surface area contributed by atoms with Gasteiger partial charge in [-0.3, -0.25) is 0 Å². The first-order valence-corrected chi connectivity index (χ1v) is 9.75. The summed E-state index contributed by atoms with van der Waals surface area (Å²) in [4.78, 5) is 0.135. The van der Waals surface area contributed by atoms with Crippen molar-refractivity contribution in [2.45, 2.75) is 30.7 Å². The van der Waals surface area contributed by atoms with Crippen molar-refractivity contribution in [2.24, 2.45) is 5.73 Å². The molecule has 7 heteroatoms. The molecule has 0 amide bonds. The number of ether oxygens (including phenoxy) is 2. The second-order valence-corrected chi connectivity index (χ2v) is 8.35. The van der Waals surface area contributed by atoms with Gasteiger partial charge >= 0.3 is 0 Å². The van der Waals surface area contributed by atoms with Gasteiger partial charge in [-0.2, -0.15) is 0 Å². The summed E-state index contributed by atoms with van der Waals surface area (Å²) in [6.07, 6.45) is 0.581. The highest BCUT2D eigenvalue weighted by atomic mass is 32.2. The highest BCUT2D eigenvalue weighted by molar-refractivity contribution is 7.89. The number of rotatable bonds is 8. The molecule has 0 radical (unpaired) electrons. The van der Waals surface area contributed by atoms with Crippen LogP contribution in [-0.2, 0) is 22.0 Å². The summed E-state index contributed by atoms with van der Waals surface area (Å²) in [6, 6.07) is 12.4. The summed E-state index contributed by atoms with van der Waals surface area (Å²) >= 11 is 0. The van der Waals surface area contributed by atoms with Gasteiger partial charge in [-0.05, 0) is 43.5 Å². The maximum Gasteiger partial charge on any atom is 0.240 e. The molecular weight excluding hydrogens is 352 g/mol. The molecule has 142 valence electrons. The van der Waals surface area contributed by atoms with Crippen LogP contribution in [-0.4, -0.2) is 29.2 Å². The van der Waals surface area contributed by atoms with Crippen molar-refractivity contribution < 1.29 is 17.9 Å². The van der Waals surface area contributed by atoms with Crippen molar-refractivity contribution in [2.75, 3.05) is 20.8 Å². The molecule has 0 aliphatic carbocycles. The van der Waals surface area contributed by atoms with Gasteiger partial charge < -0.3 is 15.2 Å². The number of methoxy groups -OCH3 is 2. The normalized spacial score (nSPS) is 12.0. The molecule has 6 nitrogen and oxygen atoms in total. The van der Waals surface area contributed by atoms with Crippen LogP contribution in [0.3, 0.4) is 0 Å². The number of sulfonamides is 1. The van der Waals surface area contributed by atoms with Crippen molar-refractivity contribution in [1.82, 2.24) is 4.72 Å². The first kappa shape index (κ1) is 20.2. The van der Waals surface area contributed by atoms with Crippen LogP contribution in [0.5, 0.6) is 11.5 Å². The van der Waals surface area contributed by atoms with Crippen molar-refractivity contribution in [3.05, 3.63) is 53.6 Å². The third kappa shape index (κ3) is 4.97. The van der Waals surface area contributed by atoms with Crippen LogP contribution >= 0.6 is 0 Å². The Hall–Kier alpha value is -2.09. The lowest BCUT2D eigenvalue weighted by Gasteiger charge is -2.19. The first-order valence-electron chi connectivity index (χ1n) is 8.27. The molecule has 0 aliphatic rings. The number of benzene rings is 2. The fourth-order valence-corrected chi connectivity index (χ4v) is 3.54. The van der Waals surface area contributed by atoms with Crippen LogP contribution in [0.2, 0.25) is 0 Å². The summed E-state index contributed by atoms with van der Waals surface area (Å²) in [7, 11) is -0.657. The molecule has 0 unspecified atom stereocenters. The third-order valence-electron chi connectivity index (χ3n) is 4.07. The molecule has 2 aromatic rings. The van der Waals surface area contributed by atoms with Crippen molar-refractivity contribution in [3.63, 3.8) is 0 Å². The standard InChI is InChI=1S/C19H26N2O4S/c1-19(2,20)15-7-5-14(6-8-15)11-12-21-26(22,23)16-9-10-17(24-3)18(13-16)25-4/h5-10,13,21H,11-12,20H2,1-4H3. The summed E-state index contributed by atoms with van der Waals surface area (Å²) in [5.41, 5.74) is 7.74. The van der Waals surface area contributed by atoms with Crippen LogP contribution in [0.1, 0.15) is 25.0 Å². The molecule has 0 aliphatic heterocycles. The number of hydrogen-bond donors (Lipinski definition) is 2. The molecule has 2 rings (SSSR count). The Bertz CT molecular complexity index is 841. The average molecular weight is 378 g/mol. The minimum absolute atomic E-state index is 0.135. The van der Waals surface area contributed by atoms with E-state index < -0.39 is 15.6 Å². The van der Waals surface area contributed by atoms with E-state index in [1.165, 1.54) is 26.4 Å². The predicted octanol–water partition coefficient (Wildman–Crippen LogP) is 2.42. The van der Waals surface area contributed by atoms with Gasteiger partial charge in [-0.1, -0.05) is 24.3 Å². The van der Waals surface area contributed by atoms with Gasteiger partial charge in [0.2, 0.25) is 10.0 Å². The Morgan fingerprint density at radius 2 is 1.62 bits per heavy atom. The quantitative estimate of drug-likeness (QED) is 0.736. The maximum absolute atomic E-state index is 12.5. The third-order valence-corrected chi connectivity index (χ3v) is 5.53. The Kier molecular flexibility index (Phi) is 6.28. The lowest BCUT2D eigenvalue weighted by Crippen LogP contribution is -2.28. The lowest BCUT2D eigenvalue weighted by molar-refractivity contribution is 0.354. The number of hydrogen-bond acceptors (Lipinski definition) is 5. The topological polar surface area (TPSA) is 90.7 Å². The smallest absolute Gasteiger partial charge is 0.240 e. The van der Waals surface area contributed by atoms with Crippen LogP contribution in [0.4, 0.5) is 0 Å². The van der Waals surface area contributed by atoms with Gasteiger partial charge in [0.05, 0.1) is 19.1 Å². The zero-order chi connectivity index (χ0) is 19.4. The highest BCUT2D eigenvalue weighted by Crippen LogP contribution is 2.29. The zero-order valence-electron chi connectivity index (χ0n) is 15.6. The molecule has 0 bridgehead atoms. The molecular formula is C19H26N2O4S. The van der Waals surface area contributed by atoms with Crippen molar-refractivity contribution in [1.29, 1.82) is 0 Å². The molecule has 26 heavy (non-hydrogen) atoms. The van der Waals surface area contributed by atoms with Gasteiger partial charge in [-0.15, -0.1) is 0 Å². The van der Waals surface area contributed by atoms with Crippen LogP contribution in [0.15, 0.2) is 47.4 Å². The number of nitrogens with two attached hydrogens (primary N) is 1. The molecule has 0 spiro atoms.